The summed E-state index contributed by atoms with van der Waals surface area (Å²) in [5.74, 6) is 0.175. The van der Waals surface area contributed by atoms with Gasteiger partial charge in [0, 0.05) is 19.3 Å². The van der Waals surface area contributed by atoms with Crippen molar-refractivity contribution in [3.05, 3.63) is 54.1 Å². The lowest BCUT2D eigenvalue weighted by atomic mass is 9.86. The Labute approximate surface area is 149 Å². The van der Waals surface area contributed by atoms with E-state index in [2.05, 4.69) is 60.9 Å². The molecule has 0 spiro atoms. The number of rotatable bonds is 1. The Morgan fingerprint density at radius 2 is 1.72 bits per heavy atom. The normalized spacial score (nSPS) is 19.9. The topological polar surface area (TPSA) is 26.8 Å². The molecule has 2 aliphatic rings. The molecule has 2 aromatic carbocycles. The second kappa shape index (κ2) is 5.51. The summed E-state index contributed by atoms with van der Waals surface area (Å²) in [6, 6.07) is 16.7. The van der Waals surface area contributed by atoms with Crippen molar-refractivity contribution in [1.29, 1.82) is 0 Å². The van der Waals surface area contributed by atoms with Gasteiger partial charge in [0.05, 0.1) is 18.0 Å². The standard InChI is InChI=1S/C21H25N3O/c1-21(2,3)15-10-11-17-18(12-15)24-14-23(16-8-6-5-7-9-16)13-19(24)20(25)22(17)4/h5-12,19H,13-14H2,1-4H3. The third kappa shape index (κ3) is 2.56. The monoisotopic (exact) mass is 335 g/mol. The molecule has 0 aliphatic carbocycles. The maximum absolute atomic E-state index is 12.9. The molecule has 2 aliphatic heterocycles. The van der Waals surface area contributed by atoms with Crippen molar-refractivity contribution in [3.63, 3.8) is 0 Å². The van der Waals surface area contributed by atoms with Crippen molar-refractivity contribution < 1.29 is 4.79 Å². The highest BCUT2D eigenvalue weighted by Crippen LogP contribution is 2.41. The van der Waals surface area contributed by atoms with Crippen molar-refractivity contribution in [3.8, 4) is 0 Å². The number of hydrogen-bond donors (Lipinski definition) is 0. The van der Waals surface area contributed by atoms with E-state index in [4.69, 9.17) is 0 Å². The fraction of sp³-hybridized carbons (Fsp3) is 0.381. The highest BCUT2D eigenvalue weighted by molar-refractivity contribution is 6.06. The van der Waals surface area contributed by atoms with Gasteiger partial charge in [0.15, 0.2) is 0 Å². The van der Waals surface area contributed by atoms with Crippen LogP contribution in [0.5, 0.6) is 0 Å². The third-order valence-corrected chi connectivity index (χ3v) is 5.34. The van der Waals surface area contributed by atoms with E-state index in [-0.39, 0.29) is 17.4 Å². The van der Waals surface area contributed by atoms with Crippen LogP contribution in [0, 0.1) is 0 Å². The van der Waals surface area contributed by atoms with E-state index in [1.54, 1.807) is 0 Å². The summed E-state index contributed by atoms with van der Waals surface area (Å²) in [6.45, 7) is 8.15. The van der Waals surface area contributed by atoms with E-state index in [0.29, 0.717) is 0 Å². The van der Waals surface area contributed by atoms with Crippen LogP contribution in [0.1, 0.15) is 26.3 Å². The van der Waals surface area contributed by atoms with Gasteiger partial charge in [0.25, 0.3) is 5.91 Å². The van der Waals surface area contributed by atoms with Crippen molar-refractivity contribution in [2.24, 2.45) is 0 Å². The van der Waals surface area contributed by atoms with E-state index in [1.165, 1.54) is 11.3 Å². The third-order valence-electron chi connectivity index (χ3n) is 5.34. The predicted octanol–water partition coefficient (Wildman–Crippen LogP) is 3.61. The molecule has 0 radical (unpaired) electrons. The number of fused-ring (bicyclic) bond motifs is 3. The first-order valence-electron chi connectivity index (χ1n) is 8.85. The Kier molecular flexibility index (Phi) is 3.53. The highest BCUT2D eigenvalue weighted by Gasteiger charge is 2.42. The lowest BCUT2D eigenvalue weighted by Crippen LogP contribution is -2.50. The molecule has 4 rings (SSSR count). The molecule has 130 valence electrons. The van der Waals surface area contributed by atoms with Gasteiger partial charge >= 0.3 is 0 Å². The van der Waals surface area contributed by atoms with Gasteiger partial charge in [-0.2, -0.15) is 0 Å². The maximum atomic E-state index is 12.9. The Hall–Kier alpha value is -2.49. The number of carbonyl (C=O) groups is 1. The lowest BCUT2D eigenvalue weighted by molar-refractivity contribution is -0.119. The number of benzene rings is 2. The highest BCUT2D eigenvalue weighted by atomic mass is 16.2. The Balaban J connectivity index is 1.76. The van der Waals surface area contributed by atoms with Crippen LogP contribution in [-0.2, 0) is 10.2 Å². The zero-order valence-electron chi connectivity index (χ0n) is 15.4. The Morgan fingerprint density at radius 1 is 1.00 bits per heavy atom. The molecular weight excluding hydrogens is 310 g/mol. The molecule has 0 N–H and O–H groups in total. The molecule has 1 amide bonds. The smallest absolute Gasteiger partial charge is 0.251 e. The summed E-state index contributed by atoms with van der Waals surface area (Å²) in [5.41, 5.74) is 4.72. The number of anilines is 3. The number of carbonyl (C=O) groups excluding carboxylic acids is 1. The minimum absolute atomic E-state index is 0.0867. The van der Waals surface area contributed by atoms with E-state index in [9.17, 15) is 4.79 Å². The predicted molar refractivity (Wildman–Crippen MR) is 103 cm³/mol. The molecule has 1 saturated heterocycles. The molecule has 4 heteroatoms. The van der Waals surface area contributed by atoms with Crippen LogP contribution in [0.2, 0.25) is 0 Å². The molecule has 0 aromatic heterocycles. The fourth-order valence-electron chi connectivity index (χ4n) is 3.77. The van der Waals surface area contributed by atoms with Gasteiger partial charge in [-0.05, 0) is 35.2 Å². The van der Waals surface area contributed by atoms with Crippen molar-refractivity contribution in [2.75, 3.05) is 35.0 Å². The van der Waals surface area contributed by atoms with Gasteiger partial charge in [-0.25, -0.2) is 0 Å². The molecular formula is C21H25N3O. The number of nitrogens with zero attached hydrogens (tertiary/aromatic N) is 3. The number of likely N-dealkylation sites (N-methyl/N-ethyl adjacent to an activating group) is 1. The summed E-state index contributed by atoms with van der Waals surface area (Å²) >= 11 is 0. The van der Waals surface area contributed by atoms with E-state index in [1.807, 2.05) is 30.1 Å². The fourth-order valence-corrected chi connectivity index (χ4v) is 3.77. The van der Waals surface area contributed by atoms with E-state index in [0.717, 1.165) is 24.6 Å². The first-order chi connectivity index (χ1) is 11.9. The maximum Gasteiger partial charge on any atom is 0.251 e. The van der Waals surface area contributed by atoms with Gasteiger partial charge in [-0.1, -0.05) is 45.0 Å². The molecule has 25 heavy (non-hydrogen) atoms. The van der Waals surface area contributed by atoms with Crippen LogP contribution >= 0.6 is 0 Å². The molecule has 4 nitrogen and oxygen atoms in total. The summed E-state index contributed by atoms with van der Waals surface area (Å²) in [7, 11) is 1.89. The average molecular weight is 335 g/mol. The van der Waals surface area contributed by atoms with Gasteiger partial charge in [-0.15, -0.1) is 0 Å². The number of amides is 1. The second-order valence-corrected chi connectivity index (χ2v) is 8.04. The number of para-hydroxylation sites is 1. The summed E-state index contributed by atoms with van der Waals surface area (Å²) < 4.78 is 0. The van der Waals surface area contributed by atoms with Gasteiger partial charge < -0.3 is 14.7 Å². The Bertz CT molecular complexity index is 810. The van der Waals surface area contributed by atoms with E-state index < -0.39 is 0 Å². The van der Waals surface area contributed by atoms with Crippen molar-refractivity contribution in [2.45, 2.75) is 32.2 Å². The molecule has 2 aromatic rings. The van der Waals surface area contributed by atoms with Crippen LogP contribution in [0.15, 0.2) is 48.5 Å². The van der Waals surface area contributed by atoms with Crippen LogP contribution in [0.25, 0.3) is 0 Å². The molecule has 1 atom stereocenters. The summed E-state index contributed by atoms with van der Waals surface area (Å²) in [5, 5.41) is 0. The minimum atomic E-state index is -0.118. The molecule has 0 saturated carbocycles. The largest absolute Gasteiger partial charge is 0.351 e. The first-order valence-corrected chi connectivity index (χ1v) is 8.85. The van der Waals surface area contributed by atoms with Crippen LogP contribution in [0.3, 0.4) is 0 Å². The molecule has 1 fully saturated rings. The van der Waals surface area contributed by atoms with Crippen molar-refractivity contribution >= 4 is 23.0 Å². The summed E-state index contributed by atoms with van der Waals surface area (Å²) in [6.07, 6.45) is 0. The second-order valence-electron chi connectivity index (χ2n) is 8.04. The zero-order chi connectivity index (χ0) is 17.8. The minimum Gasteiger partial charge on any atom is -0.351 e. The summed E-state index contributed by atoms with van der Waals surface area (Å²) in [4.78, 5) is 19.3. The average Bonchev–Trinajstić information content (AvgIpc) is 3.05. The van der Waals surface area contributed by atoms with Gasteiger partial charge in [0.1, 0.15) is 6.04 Å². The van der Waals surface area contributed by atoms with Crippen LogP contribution in [-0.4, -0.2) is 32.2 Å². The SMILES string of the molecule is CN1C(=O)C2CN(c3ccccc3)CN2c2cc(C(C)(C)C)ccc21. The molecule has 2 heterocycles. The molecule has 0 bridgehead atoms. The molecule has 1 unspecified atom stereocenters. The Morgan fingerprint density at radius 3 is 2.40 bits per heavy atom. The van der Waals surface area contributed by atoms with Crippen LogP contribution < -0.4 is 14.7 Å². The van der Waals surface area contributed by atoms with Crippen LogP contribution in [0.4, 0.5) is 17.1 Å². The quantitative estimate of drug-likeness (QED) is 0.796. The van der Waals surface area contributed by atoms with Crippen molar-refractivity contribution in [1.82, 2.24) is 0 Å². The van der Waals surface area contributed by atoms with Gasteiger partial charge in [0.2, 0.25) is 0 Å². The lowest BCUT2D eigenvalue weighted by Gasteiger charge is -2.37. The van der Waals surface area contributed by atoms with Gasteiger partial charge in [-0.3, -0.25) is 4.79 Å². The zero-order valence-corrected chi connectivity index (χ0v) is 15.4. The number of hydrogen-bond acceptors (Lipinski definition) is 3. The first kappa shape index (κ1) is 16.0. The van der Waals surface area contributed by atoms with E-state index >= 15 is 0 Å².